The molecular weight excluding hydrogens is 348 g/mol. The van der Waals surface area contributed by atoms with E-state index in [9.17, 15) is 9.59 Å². The summed E-state index contributed by atoms with van der Waals surface area (Å²) in [6.07, 6.45) is 1.60. The van der Waals surface area contributed by atoms with Crippen molar-refractivity contribution in [3.8, 4) is 0 Å². The highest BCUT2D eigenvalue weighted by Gasteiger charge is 2.27. The Morgan fingerprint density at radius 1 is 0.786 bits per heavy atom. The minimum absolute atomic E-state index is 0.0110. The van der Waals surface area contributed by atoms with Crippen molar-refractivity contribution in [2.75, 3.05) is 11.4 Å². The number of amides is 2. The molecule has 1 atom stereocenters. The third-order valence-corrected chi connectivity index (χ3v) is 5.08. The monoisotopic (exact) mass is 370 g/mol. The standard InChI is InChI=1S/C24H22N2O2/c27-23(18-10-3-1-4-11-18)25-21-15-9-17-26(22-16-8-7-14-20(21)22)24(28)19-12-5-2-6-13-19/h1-8,10-14,16,21H,9,15,17H2,(H,25,27). The number of benzene rings is 3. The lowest BCUT2D eigenvalue weighted by atomic mass is 10.0. The first-order valence-electron chi connectivity index (χ1n) is 9.56. The average Bonchev–Trinajstić information content (AvgIpc) is 2.94. The molecule has 0 saturated heterocycles. The first-order valence-corrected chi connectivity index (χ1v) is 9.56. The van der Waals surface area contributed by atoms with Gasteiger partial charge in [-0.2, -0.15) is 0 Å². The predicted octanol–water partition coefficient (Wildman–Crippen LogP) is 4.60. The molecule has 4 nitrogen and oxygen atoms in total. The van der Waals surface area contributed by atoms with E-state index in [0.717, 1.165) is 24.1 Å². The molecule has 4 heteroatoms. The van der Waals surface area contributed by atoms with Crippen LogP contribution in [0.4, 0.5) is 5.69 Å². The molecule has 0 saturated carbocycles. The summed E-state index contributed by atoms with van der Waals surface area (Å²) in [6, 6.07) is 26.3. The van der Waals surface area contributed by atoms with Crippen molar-refractivity contribution in [1.82, 2.24) is 5.32 Å². The number of anilines is 1. The smallest absolute Gasteiger partial charge is 0.258 e. The van der Waals surface area contributed by atoms with Gasteiger partial charge in [-0.05, 0) is 48.7 Å². The fourth-order valence-electron chi connectivity index (χ4n) is 3.69. The van der Waals surface area contributed by atoms with Crippen LogP contribution in [0.25, 0.3) is 0 Å². The third kappa shape index (κ3) is 3.67. The zero-order chi connectivity index (χ0) is 19.3. The Hall–Kier alpha value is -3.40. The molecule has 4 rings (SSSR count). The summed E-state index contributed by atoms with van der Waals surface area (Å²) in [6.45, 7) is 0.627. The first kappa shape index (κ1) is 18.0. The quantitative estimate of drug-likeness (QED) is 0.733. The van der Waals surface area contributed by atoms with Gasteiger partial charge in [-0.15, -0.1) is 0 Å². The summed E-state index contributed by atoms with van der Waals surface area (Å²) in [4.78, 5) is 27.6. The van der Waals surface area contributed by atoms with Crippen molar-refractivity contribution in [3.63, 3.8) is 0 Å². The van der Waals surface area contributed by atoms with Gasteiger partial charge in [0.15, 0.2) is 0 Å². The molecule has 1 unspecified atom stereocenters. The second-order valence-electron chi connectivity index (χ2n) is 6.92. The van der Waals surface area contributed by atoms with Gasteiger partial charge < -0.3 is 10.2 Å². The fourth-order valence-corrected chi connectivity index (χ4v) is 3.69. The minimum atomic E-state index is -0.127. The van der Waals surface area contributed by atoms with Crippen LogP contribution in [0.1, 0.15) is 45.2 Å². The SMILES string of the molecule is O=C(NC1CCCN(C(=O)c2ccccc2)c2ccccc21)c1ccccc1. The van der Waals surface area contributed by atoms with Crippen molar-refractivity contribution >= 4 is 17.5 Å². The first-order chi connectivity index (χ1) is 13.7. The van der Waals surface area contributed by atoms with Crippen LogP contribution >= 0.6 is 0 Å². The van der Waals surface area contributed by atoms with Crippen molar-refractivity contribution < 1.29 is 9.59 Å². The van der Waals surface area contributed by atoms with Crippen LogP contribution < -0.4 is 10.2 Å². The van der Waals surface area contributed by atoms with Gasteiger partial charge in [-0.25, -0.2) is 0 Å². The van der Waals surface area contributed by atoms with Gasteiger partial charge in [0, 0.05) is 23.4 Å². The summed E-state index contributed by atoms with van der Waals surface area (Å²) in [5.41, 5.74) is 3.16. The van der Waals surface area contributed by atoms with E-state index in [2.05, 4.69) is 5.32 Å². The average molecular weight is 370 g/mol. The molecule has 2 amide bonds. The van der Waals surface area contributed by atoms with Crippen LogP contribution in [-0.4, -0.2) is 18.4 Å². The molecule has 0 bridgehead atoms. The molecule has 1 N–H and O–H groups in total. The van der Waals surface area contributed by atoms with Gasteiger partial charge in [-0.3, -0.25) is 9.59 Å². The molecule has 0 aliphatic carbocycles. The van der Waals surface area contributed by atoms with Crippen LogP contribution in [0, 0.1) is 0 Å². The molecule has 1 heterocycles. The van der Waals surface area contributed by atoms with E-state index < -0.39 is 0 Å². The maximum atomic E-state index is 13.1. The summed E-state index contributed by atoms with van der Waals surface area (Å²) in [7, 11) is 0. The molecule has 3 aromatic rings. The summed E-state index contributed by atoms with van der Waals surface area (Å²) in [5, 5.41) is 3.15. The van der Waals surface area contributed by atoms with Gasteiger partial charge in [0.25, 0.3) is 11.8 Å². The highest BCUT2D eigenvalue weighted by molar-refractivity contribution is 6.06. The number of nitrogens with zero attached hydrogens (tertiary/aromatic N) is 1. The lowest BCUT2D eigenvalue weighted by molar-refractivity contribution is 0.0933. The van der Waals surface area contributed by atoms with E-state index in [0.29, 0.717) is 17.7 Å². The van der Waals surface area contributed by atoms with Crippen molar-refractivity contribution in [1.29, 1.82) is 0 Å². The second-order valence-corrected chi connectivity index (χ2v) is 6.92. The molecule has 0 spiro atoms. The zero-order valence-corrected chi connectivity index (χ0v) is 15.5. The number of hydrogen-bond acceptors (Lipinski definition) is 2. The van der Waals surface area contributed by atoms with E-state index in [1.165, 1.54) is 0 Å². The van der Waals surface area contributed by atoms with Crippen molar-refractivity contribution in [2.45, 2.75) is 18.9 Å². The van der Waals surface area contributed by atoms with Crippen molar-refractivity contribution in [3.05, 3.63) is 102 Å². The molecular formula is C24H22N2O2. The Balaban J connectivity index is 1.63. The Bertz CT molecular complexity index is 970. The van der Waals surface area contributed by atoms with Gasteiger partial charge in [0.05, 0.1) is 6.04 Å². The summed E-state index contributed by atoms with van der Waals surface area (Å²) >= 11 is 0. The Morgan fingerprint density at radius 3 is 2.11 bits per heavy atom. The second kappa shape index (κ2) is 8.09. The number of fused-ring (bicyclic) bond motifs is 1. The van der Waals surface area contributed by atoms with Gasteiger partial charge >= 0.3 is 0 Å². The Morgan fingerprint density at radius 2 is 1.39 bits per heavy atom. The molecule has 28 heavy (non-hydrogen) atoms. The highest BCUT2D eigenvalue weighted by atomic mass is 16.2. The van der Waals surface area contributed by atoms with Gasteiger partial charge in [-0.1, -0.05) is 54.6 Å². The van der Waals surface area contributed by atoms with E-state index in [-0.39, 0.29) is 17.9 Å². The van der Waals surface area contributed by atoms with E-state index in [4.69, 9.17) is 0 Å². The lowest BCUT2D eigenvalue weighted by Gasteiger charge is -2.24. The van der Waals surface area contributed by atoms with Crippen molar-refractivity contribution in [2.24, 2.45) is 0 Å². The zero-order valence-electron chi connectivity index (χ0n) is 15.5. The largest absolute Gasteiger partial charge is 0.345 e. The normalized spacial score (nSPS) is 16.0. The Labute approximate surface area is 164 Å². The van der Waals surface area contributed by atoms with E-state index in [1.807, 2.05) is 89.8 Å². The Kier molecular flexibility index (Phi) is 5.20. The van der Waals surface area contributed by atoms with Gasteiger partial charge in [0.1, 0.15) is 0 Å². The number of rotatable bonds is 3. The van der Waals surface area contributed by atoms with E-state index >= 15 is 0 Å². The van der Waals surface area contributed by atoms with Gasteiger partial charge in [0.2, 0.25) is 0 Å². The lowest BCUT2D eigenvalue weighted by Crippen LogP contribution is -2.32. The molecule has 0 radical (unpaired) electrons. The predicted molar refractivity (Wildman–Crippen MR) is 110 cm³/mol. The number of hydrogen-bond donors (Lipinski definition) is 1. The van der Waals surface area contributed by atoms with Crippen LogP contribution in [0.3, 0.4) is 0 Å². The maximum absolute atomic E-state index is 13.1. The molecule has 1 aliphatic rings. The summed E-state index contributed by atoms with van der Waals surface area (Å²) < 4.78 is 0. The molecule has 3 aromatic carbocycles. The highest BCUT2D eigenvalue weighted by Crippen LogP contribution is 2.33. The number of carbonyl (C=O) groups is 2. The maximum Gasteiger partial charge on any atom is 0.258 e. The number of nitrogens with one attached hydrogen (secondary N) is 1. The number of carbonyl (C=O) groups excluding carboxylic acids is 2. The molecule has 1 aliphatic heterocycles. The molecule has 140 valence electrons. The number of para-hydroxylation sites is 1. The molecule has 0 aromatic heterocycles. The molecule has 0 fully saturated rings. The minimum Gasteiger partial charge on any atom is -0.345 e. The summed E-state index contributed by atoms with van der Waals surface area (Å²) in [5.74, 6) is -0.105. The topological polar surface area (TPSA) is 49.4 Å². The van der Waals surface area contributed by atoms with Crippen LogP contribution in [-0.2, 0) is 0 Å². The van der Waals surface area contributed by atoms with Crippen LogP contribution in [0.2, 0.25) is 0 Å². The van der Waals surface area contributed by atoms with E-state index in [1.54, 1.807) is 0 Å². The third-order valence-electron chi connectivity index (χ3n) is 5.08. The van der Waals surface area contributed by atoms with Crippen LogP contribution in [0.15, 0.2) is 84.9 Å². The fraction of sp³-hybridized carbons (Fsp3) is 0.167. The van der Waals surface area contributed by atoms with Crippen LogP contribution in [0.5, 0.6) is 0 Å².